The van der Waals surface area contributed by atoms with Crippen LogP contribution in [0.15, 0.2) is 24.3 Å². The Labute approximate surface area is 125 Å². The second-order valence-electron chi connectivity index (χ2n) is 4.51. The average Bonchev–Trinajstić information content (AvgIpc) is 2.45. The van der Waals surface area contributed by atoms with Crippen molar-refractivity contribution >= 4 is 17.7 Å². The molecular formula is C15H24N2O2S. The van der Waals surface area contributed by atoms with Crippen LogP contribution in [0.4, 0.5) is 0 Å². The molecule has 0 aliphatic heterocycles. The quantitative estimate of drug-likeness (QED) is 0.729. The minimum absolute atomic E-state index is 0.0694. The van der Waals surface area contributed by atoms with E-state index in [0.717, 1.165) is 23.5 Å². The molecular weight excluding hydrogens is 272 g/mol. The van der Waals surface area contributed by atoms with Crippen molar-refractivity contribution in [1.82, 2.24) is 5.32 Å². The van der Waals surface area contributed by atoms with Crippen LogP contribution in [0.1, 0.15) is 18.9 Å². The van der Waals surface area contributed by atoms with E-state index in [0.29, 0.717) is 19.6 Å². The maximum absolute atomic E-state index is 11.7. The van der Waals surface area contributed by atoms with Crippen molar-refractivity contribution in [3.05, 3.63) is 29.8 Å². The summed E-state index contributed by atoms with van der Waals surface area (Å²) < 4.78 is 5.45. The molecule has 1 aromatic rings. The molecule has 5 heteroatoms. The molecule has 1 rings (SSSR count). The third-order valence-corrected chi connectivity index (χ3v) is 3.54. The van der Waals surface area contributed by atoms with E-state index in [4.69, 9.17) is 10.5 Å². The van der Waals surface area contributed by atoms with Gasteiger partial charge in [-0.1, -0.05) is 12.1 Å². The fourth-order valence-electron chi connectivity index (χ4n) is 1.79. The van der Waals surface area contributed by atoms with Crippen LogP contribution in [0.25, 0.3) is 0 Å². The zero-order valence-electron chi connectivity index (χ0n) is 12.2. The number of rotatable bonds is 9. The molecule has 0 bridgehead atoms. The highest BCUT2D eigenvalue weighted by molar-refractivity contribution is 7.98. The lowest BCUT2D eigenvalue weighted by Gasteiger charge is -2.12. The maximum Gasteiger partial charge on any atom is 0.236 e. The number of nitrogens with one attached hydrogen (secondary N) is 1. The van der Waals surface area contributed by atoms with Crippen molar-refractivity contribution < 1.29 is 9.53 Å². The predicted octanol–water partition coefficient (Wildman–Crippen LogP) is 1.82. The number of ether oxygens (including phenoxy) is 1. The Balaban J connectivity index is 2.32. The van der Waals surface area contributed by atoms with Crippen LogP contribution in [-0.2, 0) is 11.2 Å². The first kappa shape index (κ1) is 16.9. The van der Waals surface area contributed by atoms with Crippen LogP contribution in [-0.4, -0.2) is 37.1 Å². The van der Waals surface area contributed by atoms with E-state index >= 15 is 0 Å². The van der Waals surface area contributed by atoms with Crippen LogP contribution < -0.4 is 15.8 Å². The Morgan fingerprint density at radius 2 is 2.30 bits per heavy atom. The molecule has 4 nitrogen and oxygen atoms in total. The minimum Gasteiger partial charge on any atom is -0.494 e. The van der Waals surface area contributed by atoms with E-state index in [1.165, 1.54) is 0 Å². The Hall–Kier alpha value is -1.20. The van der Waals surface area contributed by atoms with E-state index in [9.17, 15) is 4.79 Å². The van der Waals surface area contributed by atoms with Crippen molar-refractivity contribution in [3.8, 4) is 5.75 Å². The standard InChI is InChI=1S/C15H24N2O2S/c1-3-19-13-6-4-5-12(11-13)7-9-17-15(18)14(16)8-10-20-2/h4-6,11,14H,3,7-10,16H2,1-2H3,(H,17,18). The molecule has 0 saturated carbocycles. The van der Waals surface area contributed by atoms with Crippen LogP contribution in [0.5, 0.6) is 5.75 Å². The van der Waals surface area contributed by atoms with E-state index in [2.05, 4.69) is 5.32 Å². The normalized spacial score (nSPS) is 11.9. The molecule has 0 aliphatic carbocycles. The lowest BCUT2D eigenvalue weighted by molar-refractivity contribution is -0.122. The monoisotopic (exact) mass is 296 g/mol. The first-order valence-electron chi connectivity index (χ1n) is 6.91. The molecule has 3 N–H and O–H groups in total. The van der Waals surface area contributed by atoms with Gasteiger partial charge in [0.05, 0.1) is 12.6 Å². The van der Waals surface area contributed by atoms with Gasteiger partial charge in [0.25, 0.3) is 0 Å². The molecule has 1 unspecified atom stereocenters. The summed E-state index contributed by atoms with van der Waals surface area (Å²) in [6, 6.07) is 7.53. The topological polar surface area (TPSA) is 64.3 Å². The fourth-order valence-corrected chi connectivity index (χ4v) is 2.28. The highest BCUT2D eigenvalue weighted by Crippen LogP contribution is 2.13. The second kappa shape index (κ2) is 9.66. The molecule has 0 aliphatic rings. The molecule has 0 saturated heterocycles. The van der Waals surface area contributed by atoms with Gasteiger partial charge in [0.15, 0.2) is 0 Å². The van der Waals surface area contributed by atoms with Crippen molar-refractivity contribution in [1.29, 1.82) is 0 Å². The van der Waals surface area contributed by atoms with Crippen molar-refractivity contribution in [2.45, 2.75) is 25.8 Å². The first-order chi connectivity index (χ1) is 9.67. The van der Waals surface area contributed by atoms with Crippen LogP contribution >= 0.6 is 11.8 Å². The zero-order valence-corrected chi connectivity index (χ0v) is 13.0. The van der Waals surface area contributed by atoms with Gasteiger partial charge in [-0.3, -0.25) is 4.79 Å². The van der Waals surface area contributed by atoms with Crippen molar-refractivity contribution in [2.75, 3.05) is 25.2 Å². The number of carbonyl (C=O) groups is 1. The number of hydrogen-bond donors (Lipinski definition) is 2. The molecule has 1 atom stereocenters. The van der Waals surface area contributed by atoms with Gasteiger partial charge in [-0.15, -0.1) is 0 Å². The van der Waals surface area contributed by atoms with E-state index < -0.39 is 6.04 Å². The minimum atomic E-state index is -0.405. The number of thioether (sulfide) groups is 1. The highest BCUT2D eigenvalue weighted by Gasteiger charge is 2.11. The smallest absolute Gasteiger partial charge is 0.236 e. The summed E-state index contributed by atoms with van der Waals surface area (Å²) in [7, 11) is 0. The Kier molecular flexibility index (Phi) is 8.14. The molecule has 1 amide bonds. The molecule has 0 heterocycles. The van der Waals surface area contributed by atoms with Gasteiger partial charge < -0.3 is 15.8 Å². The van der Waals surface area contributed by atoms with Crippen molar-refractivity contribution in [2.24, 2.45) is 5.73 Å². The third kappa shape index (κ3) is 6.30. The molecule has 20 heavy (non-hydrogen) atoms. The largest absolute Gasteiger partial charge is 0.494 e. The van der Waals surface area contributed by atoms with Gasteiger partial charge in [-0.05, 0) is 49.5 Å². The predicted molar refractivity (Wildman–Crippen MR) is 85.3 cm³/mol. The van der Waals surface area contributed by atoms with Crippen molar-refractivity contribution in [3.63, 3.8) is 0 Å². The van der Waals surface area contributed by atoms with Crippen LogP contribution in [0.2, 0.25) is 0 Å². The lowest BCUT2D eigenvalue weighted by Crippen LogP contribution is -2.41. The summed E-state index contributed by atoms with van der Waals surface area (Å²) in [4.78, 5) is 11.7. The zero-order chi connectivity index (χ0) is 14.8. The number of hydrogen-bond acceptors (Lipinski definition) is 4. The van der Waals surface area contributed by atoms with Gasteiger partial charge in [0, 0.05) is 6.54 Å². The average molecular weight is 296 g/mol. The summed E-state index contributed by atoms with van der Waals surface area (Å²) in [6.07, 6.45) is 3.50. The third-order valence-electron chi connectivity index (χ3n) is 2.89. The van der Waals surface area contributed by atoms with Gasteiger partial charge >= 0.3 is 0 Å². The number of nitrogens with two attached hydrogens (primary N) is 1. The number of carbonyl (C=O) groups excluding carboxylic acids is 1. The SMILES string of the molecule is CCOc1cccc(CCNC(=O)C(N)CCSC)c1. The summed E-state index contributed by atoms with van der Waals surface area (Å²) in [6.45, 7) is 3.22. The van der Waals surface area contributed by atoms with Gasteiger partial charge in [0.2, 0.25) is 5.91 Å². The molecule has 0 radical (unpaired) electrons. The highest BCUT2D eigenvalue weighted by atomic mass is 32.2. The summed E-state index contributed by atoms with van der Waals surface area (Å²) >= 11 is 1.70. The van der Waals surface area contributed by atoms with Gasteiger partial charge in [-0.25, -0.2) is 0 Å². The second-order valence-corrected chi connectivity index (χ2v) is 5.50. The molecule has 1 aromatic carbocycles. The van der Waals surface area contributed by atoms with E-state index in [-0.39, 0.29) is 5.91 Å². The molecule has 112 valence electrons. The summed E-state index contributed by atoms with van der Waals surface area (Å²) in [5.41, 5.74) is 6.95. The maximum atomic E-state index is 11.7. The summed E-state index contributed by atoms with van der Waals surface area (Å²) in [5, 5.41) is 2.88. The molecule has 0 aromatic heterocycles. The van der Waals surface area contributed by atoms with E-state index in [1.807, 2.05) is 37.4 Å². The first-order valence-corrected chi connectivity index (χ1v) is 8.30. The molecule has 0 spiro atoms. The summed E-state index contributed by atoms with van der Waals surface area (Å²) in [5.74, 6) is 1.71. The number of benzene rings is 1. The van der Waals surface area contributed by atoms with E-state index in [1.54, 1.807) is 11.8 Å². The van der Waals surface area contributed by atoms with Gasteiger partial charge in [-0.2, -0.15) is 11.8 Å². The Morgan fingerprint density at radius 3 is 3.00 bits per heavy atom. The van der Waals surface area contributed by atoms with Crippen LogP contribution in [0.3, 0.4) is 0 Å². The fraction of sp³-hybridized carbons (Fsp3) is 0.533. The lowest BCUT2D eigenvalue weighted by atomic mass is 10.1. The van der Waals surface area contributed by atoms with Gasteiger partial charge in [0.1, 0.15) is 5.75 Å². The Morgan fingerprint density at radius 1 is 1.50 bits per heavy atom. The molecule has 0 fully saturated rings. The Bertz CT molecular complexity index is 413. The van der Waals surface area contributed by atoms with Crippen LogP contribution in [0, 0.1) is 0 Å². The number of amides is 1.